The van der Waals surface area contributed by atoms with Crippen LogP contribution in [0, 0.1) is 0 Å². The quantitative estimate of drug-likeness (QED) is 0.798. The van der Waals surface area contributed by atoms with Crippen LogP contribution in [0.25, 0.3) is 0 Å². The molecule has 1 atom stereocenters. The summed E-state index contributed by atoms with van der Waals surface area (Å²) in [6, 6.07) is 6.77. The SMILES string of the molecule is ClCc1ccc(N2CCC(N3CCOCC3)C2)c(Cl)c1. The van der Waals surface area contributed by atoms with Gasteiger partial charge in [0.2, 0.25) is 0 Å². The Morgan fingerprint density at radius 3 is 2.70 bits per heavy atom. The number of ether oxygens (including phenoxy) is 1. The summed E-state index contributed by atoms with van der Waals surface area (Å²) in [4.78, 5) is 4.94. The summed E-state index contributed by atoms with van der Waals surface area (Å²) in [5.74, 6) is 0.510. The Hall–Kier alpha value is -0.480. The third-order valence-electron chi connectivity index (χ3n) is 4.23. The lowest BCUT2D eigenvalue weighted by molar-refractivity contribution is 0.0209. The zero-order valence-corrected chi connectivity index (χ0v) is 13.0. The zero-order valence-electron chi connectivity index (χ0n) is 11.5. The molecule has 3 nitrogen and oxygen atoms in total. The van der Waals surface area contributed by atoms with Crippen molar-refractivity contribution in [2.24, 2.45) is 0 Å². The van der Waals surface area contributed by atoms with Gasteiger partial charge in [0.05, 0.1) is 23.9 Å². The van der Waals surface area contributed by atoms with Crippen molar-refractivity contribution in [1.29, 1.82) is 0 Å². The van der Waals surface area contributed by atoms with Crippen LogP contribution in [-0.4, -0.2) is 50.3 Å². The molecular weight excluding hydrogens is 295 g/mol. The van der Waals surface area contributed by atoms with Crippen LogP contribution in [0.5, 0.6) is 0 Å². The molecule has 0 radical (unpaired) electrons. The van der Waals surface area contributed by atoms with Crippen LogP contribution < -0.4 is 4.90 Å². The second kappa shape index (κ2) is 6.52. The molecule has 0 bridgehead atoms. The van der Waals surface area contributed by atoms with Crippen LogP contribution in [0.2, 0.25) is 5.02 Å². The second-order valence-electron chi connectivity index (χ2n) is 5.46. The predicted octanol–water partition coefficient (Wildman–Crippen LogP) is 2.99. The van der Waals surface area contributed by atoms with Crippen molar-refractivity contribution in [1.82, 2.24) is 4.90 Å². The highest BCUT2D eigenvalue weighted by atomic mass is 35.5. The average molecular weight is 315 g/mol. The van der Waals surface area contributed by atoms with Gasteiger partial charge in [-0.25, -0.2) is 0 Å². The van der Waals surface area contributed by atoms with Crippen molar-refractivity contribution in [3.8, 4) is 0 Å². The van der Waals surface area contributed by atoms with Gasteiger partial charge in [-0.05, 0) is 24.1 Å². The number of halogens is 2. The van der Waals surface area contributed by atoms with Gasteiger partial charge in [-0.1, -0.05) is 17.7 Å². The van der Waals surface area contributed by atoms with Crippen molar-refractivity contribution in [3.05, 3.63) is 28.8 Å². The van der Waals surface area contributed by atoms with E-state index in [4.69, 9.17) is 27.9 Å². The van der Waals surface area contributed by atoms with Crippen molar-refractivity contribution in [2.45, 2.75) is 18.3 Å². The number of rotatable bonds is 3. The molecule has 20 heavy (non-hydrogen) atoms. The van der Waals surface area contributed by atoms with Gasteiger partial charge >= 0.3 is 0 Å². The lowest BCUT2D eigenvalue weighted by Crippen LogP contribution is -2.44. The van der Waals surface area contributed by atoms with Crippen LogP contribution in [0.3, 0.4) is 0 Å². The van der Waals surface area contributed by atoms with E-state index in [-0.39, 0.29) is 0 Å². The first-order valence-electron chi connectivity index (χ1n) is 7.19. The van der Waals surface area contributed by atoms with Crippen molar-refractivity contribution in [3.63, 3.8) is 0 Å². The molecule has 0 spiro atoms. The van der Waals surface area contributed by atoms with Crippen LogP contribution in [-0.2, 0) is 10.6 Å². The predicted molar refractivity (Wildman–Crippen MR) is 84.0 cm³/mol. The van der Waals surface area contributed by atoms with Crippen molar-refractivity contribution < 1.29 is 4.74 Å². The molecule has 1 unspecified atom stereocenters. The molecular formula is C15H20Cl2N2O. The van der Waals surface area contributed by atoms with Gasteiger partial charge in [-0.15, -0.1) is 11.6 Å². The van der Waals surface area contributed by atoms with E-state index in [1.807, 2.05) is 6.07 Å². The molecule has 0 saturated carbocycles. The lowest BCUT2D eigenvalue weighted by Gasteiger charge is -2.32. The molecule has 110 valence electrons. The van der Waals surface area contributed by atoms with E-state index < -0.39 is 0 Å². The molecule has 2 fully saturated rings. The normalized spacial score (nSPS) is 24.3. The number of alkyl halides is 1. The highest BCUT2D eigenvalue weighted by Crippen LogP contribution is 2.31. The number of hydrogen-bond donors (Lipinski definition) is 0. The Morgan fingerprint density at radius 2 is 2.00 bits per heavy atom. The fourth-order valence-electron chi connectivity index (χ4n) is 3.09. The molecule has 2 saturated heterocycles. The highest BCUT2D eigenvalue weighted by Gasteiger charge is 2.29. The first-order chi connectivity index (χ1) is 9.78. The summed E-state index contributed by atoms with van der Waals surface area (Å²) < 4.78 is 5.43. The minimum Gasteiger partial charge on any atom is -0.379 e. The fourth-order valence-corrected chi connectivity index (χ4v) is 3.58. The highest BCUT2D eigenvalue weighted by molar-refractivity contribution is 6.33. The zero-order chi connectivity index (χ0) is 13.9. The Labute approximate surface area is 130 Å². The molecule has 2 aliphatic rings. The largest absolute Gasteiger partial charge is 0.379 e. The van der Waals surface area contributed by atoms with Gasteiger partial charge in [0, 0.05) is 38.1 Å². The first kappa shape index (κ1) is 14.5. The van der Waals surface area contributed by atoms with Gasteiger partial charge in [0.1, 0.15) is 0 Å². The average Bonchev–Trinajstić information content (AvgIpc) is 2.97. The fraction of sp³-hybridized carbons (Fsp3) is 0.600. The maximum atomic E-state index is 6.39. The van der Waals surface area contributed by atoms with E-state index in [1.165, 1.54) is 6.42 Å². The standard InChI is InChI=1S/C15H20Cl2N2O/c16-10-12-1-2-15(14(17)9-12)19-4-3-13(11-19)18-5-7-20-8-6-18/h1-2,9,13H,3-8,10-11H2. The summed E-state index contributed by atoms with van der Waals surface area (Å²) in [5, 5.41) is 0.811. The second-order valence-corrected chi connectivity index (χ2v) is 6.13. The number of benzene rings is 1. The molecule has 3 rings (SSSR count). The summed E-state index contributed by atoms with van der Waals surface area (Å²) in [7, 11) is 0. The van der Waals surface area contributed by atoms with Crippen LogP contribution in [0.15, 0.2) is 18.2 Å². The van der Waals surface area contributed by atoms with Crippen LogP contribution in [0.1, 0.15) is 12.0 Å². The molecule has 2 aliphatic heterocycles. The molecule has 0 aromatic heterocycles. The minimum atomic E-state index is 0.510. The number of anilines is 1. The maximum absolute atomic E-state index is 6.39. The molecule has 0 aliphatic carbocycles. The summed E-state index contributed by atoms with van der Waals surface area (Å²) in [6.07, 6.45) is 1.20. The monoisotopic (exact) mass is 314 g/mol. The Bertz CT molecular complexity index is 463. The van der Waals surface area contributed by atoms with E-state index in [1.54, 1.807) is 0 Å². The van der Waals surface area contributed by atoms with E-state index in [0.717, 1.165) is 55.7 Å². The van der Waals surface area contributed by atoms with E-state index in [9.17, 15) is 0 Å². The van der Waals surface area contributed by atoms with Gasteiger partial charge in [-0.2, -0.15) is 0 Å². The molecule has 1 aromatic carbocycles. The molecule has 1 aromatic rings. The Balaban J connectivity index is 1.67. The topological polar surface area (TPSA) is 15.7 Å². The molecule has 5 heteroatoms. The summed E-state index contributed by atoms with van der Waals surface area (Å²) >= 11 is 12.2. The molecule has 0 N–H and O–H groups in total. The van der Waals surface area contributed by atoms with E-state index >= 15 is 0 Å². The van der Waals surface area contributed by atoms with Gasteiger partial charge in [0.15, 0.2) is 0 Å². The number of nitrogens with zero attached hydrogens (tertiary/aromatic N) is 2. The van der Waals surface area contributed by atoms with Crippen molar-refractivity contribution in [2.75, 3.05) is 44.3 Å². The number of morpholine rings is 1. The minimum absolute atomic E-state index is 0.510. The summed E-state index contributed by atoms with van der Waals surface area (Å²) in [6.45, 7) is 5.96. The lowest BCUT2D eigenvalue weighted by atomic mass is 10.2. The third-order valence-corrected chi connectivity index (χ3v) is 4.84. The summed E-state index contributed by atoms with van der Waals surface area (Å²) in [5.41, 5.74) is 2.21. The Morgan fingerprint density at radius 1 is 1.20 bits per heavy atom. The van der Waals surface area contributed by atoms with Crippen LogP contribution in [0.4, 0.5) is 5.69 Å². The number of hydrogen-bond acceptors (Lipinski definition) is 3. The smallest absolute Gasteiger partial charge is 0.0642 e. The van der Waals surface area contributed by atoms with Gasteiger partial charge in [0.25, 0.3) is 0 Å². The van der Waals surface area contributed by atoms with E-state index in [0.29, 0.717) is 11.9 Å². The molecule has 0 amide bonds. The first-order valence-corrected chi connectivity index (χ1v) is 8.10. The van der Waals surface area contributed by atoms with E-state index in [2.05, 4.69) is 21.9 Å². The third kappa shape index (κ3) is 3.06. The molecule has 2 heterocycles. The van der Waals surface area contributed by atoms with Gasteiger partial charge in [-0.3, -0.25) is 4.90 Å². The van der Waals surface area contributed by atoms with Crippen LogP contribution >= 0.6 is 23.2 Å². The van der Waals surface area contributed by atoms with Gasteiger partial charge < -0.3 is 9.64 Å². The van der Waals surface area contributed by atoms with Crippen molar-refractivity contribution >= 4 is 28.9 Å². The maximum Gasteiger partial charge on any atom is 0.0642 e. The Kier molecular flexibility index (Phi) is 4.72.